The number of nitrogens with zero attached hydrogens (tertiary/aromatic N) is 3. The average Bonchev–Trinajstić information content (AvgIpc) is 3.15. The van der Waals surface area contributed by atoms with E-state index in [9.17, 15) is 4.79 Å². The van der Waals surface area contributed by atoms with Gasteiger partial charge in [0.15, 0.2) is 5.82 Å². The fourth-order valence-electron chi connectivity index (χ4n) is 4.11. The molecule has 7 nitrogen and oxygen atoms in total. The van der Waals surface area contributed by atoms with Crippen molar-refractivity contribution < 1.29 is 9.53 Å². The fourth-order valence-corrected chi connectivity index (χ4v) is 4.82. The third-order valence-electron chi connectivity index (χ3n) is 6.48. The van der Waals surface area contributed by atoms with Crippen molar-refractivity contribution in [2.75, 3.05) is 18.1 Å². The standard InChI is InChI=1S/C26H33N5O2S/c1-25(2,3)19-10-12-21(13-11-19)33-16-22-29-30-24(31(22)27)34-17-23(32)28-18-26(14-7-15-26)20-8-5-4-6-9-20/h4-6,8-13H,7,14-18,27H2,1-3H3,(H,28,32). The second-order valence-corrected chi connectivity index (χ2v) is 10.8. The molecular weight excluding hydrogens is 446 g/mol. The number of nitrogens with two attached hydrogens (primary N) is 1. The first kappa shape index (κ1) is 24.1. The lowest BCUT2D eigenvalue weighted by Crippen LogP contribution is -2.46. The minimum absolute atomic E-state index is 0.0352. The number of rotatable bonds is 9. The predicted molar refractivity (Wildman–Crippen MR) is 135 cm³/mol. The summed E-state index contributed by atoms with van der Waals surface area (Å²) in [5.41, 5.74) is 2.69. The van der Waals surface area contributed by atoms with Crippen LogP contribution in [0.2, 0.25) is 0 Å². The van der Waals surface area contributed by atoms with Crippen molar-refractivity contribution in [3.8, 4) is 5.75 Å². The first-order valence-electron chi connectivity index (χ1n) is 11.6. The molecule has 180 valence electrons. The topological polar surface area (TPSA) is 95.1 Å². The van der Waals surface area contributed by atoms with Crippen LogP contribution in [0.4, 0.5) is 0 Å². The molecule has 0 radical (unpaired) electrons. The van der Waals surface area contributed by atoms with Gasteiger partial charge < -0.3 is 15.9 Å². The smallest absolute Gasteiger partial charge is 0.230 e. The van der Waals surface area contributed by atoms with Crippen molar-refractivity contribution in [1.82, 2.24) is 20.2 Å². The molecule has 1 aliphatic carbocycles. The monoisotopic (exact) mass is 479 g/mol. The number of hydrogen-bond acceptors (Lipinski definition) is 6. The summed E-state index contributed by atoms with van der Waals surface area (Å²) in [6.07, 6.45) is 3.40. The summed E-state index contributed by atoms with van der Waals surface area (Å²) in [6, 6.07) is 18.5. The highest BCUT2D eigenvalue weighted by molar-refractivity contribution is 7.99. The summed E-state index contributed by atoms with van der Waals surface area (Å²) < 4.78 is 7.21. The van der Waals surface area contributed by atoms with Gasteiger partial charge in [-0.2, -0.15) is 0 Å². The average molecular weight is 480 g/mol. The Morgan fingerprint density at radius 2 is 1.82 bits per heavy atom. The molecule has 0 saturated heterocycles. The van der Waals surface area contributed by atoms with Crippen LogP contribution in [0.1, 0.15) is 57.0 Å². The number of benzene rings is 2. The van der Waals surface area contributed by atoms with Crippen LogP contribution in [-0.4, -0.2) is 33.1 Å². The van der Waals surface area contributed by atoms with Gasteiger partial charge >= 0.3 is 0 Å². The highest BCUT2D eigenvalue weighted by Crippen LogP contribution is 2.43. The van der Waals surface area contributed by atoms with Crippen molar-refractivity contribution in [3.63, 3.8) is 0 Å². The first-order chi connectivity index (χ1) is 16.3. The van der Waals surface area contributed by atoms with E-state index < -0.39 is 0 Å². The molecule has 0 unspecified atom stereocenters. The van der Waals surface area contributed by atoms with Crippen LogP contribution in [0.25, 0.3) is 0 Å². The largest absolute Gasteiger partial charge is 0.486 e. The number of amides is 1. The molecule has 2 aromatic carbocycles. The van der Waals surface area contributed by atoms with Crippen molar-refractivity contribution in [2.45, 2.75) is 62.6 Å². The maximum atomic E-state index is 12.5. The summed E-state index contributed by atoms with van der Waals surface area (Å²) in [5, 5.41) is 11.8. The normalized spacial score (nSPS) is 14.9. The summed E-state index contributed by atoms with van der Waals surface area (Å²) >= 11 is 1.27. The quantitative estimate of drug-likeness (QED) is 0.353. The lowest BCUT2D eigenvalue weighted by Gasteiger charge is -2.42. The number of aromatic nitrogens is 3. The van der Waals surface area contributed by atoms with Gasteiger partial charge in [0.05, 0.1) is 5.75 Å². The van der Waals surface area contributed by atoms with Gasteiger partial charge in [-0.1, -0.05) is 81.4 Å². The van der Waals surface area contributed by atoms with Gasteiger partial charge in [-0.15, -0.1) is 10.2 Å². The predicted octanol–water partition coefficient (Wildman–Crippen LogP) is 4.20. The number of carbonyl (C=O) groups excluding carboxylic acids is 1. The second kappa shape index (κ2) is 10.1. The lowest BCUT2D eigenvalue weighted by molar-refractivity contribution is -0.119. The molecule has 1 aromatic heterocycles. The molecule has 1 aliphatic rings. The Labute approximate surface area is 205 Å². The van der Waals surface area contributed by atoms with Crippen LogP contribution in [0.3, 0.4) is 0 Å². The maximum absolute atomic E-state index is 12.5. The highest BCUT2D eigenvalue weighted by atomic mass is 32.2. The maximum Gasteiger partial charge on any atom is 0.230 e. The molecule has 1 amide bonds. The number of nitrogen functional groups attached to an aromatic ring is 1. The van der Waals surface area contributed by atoms with Crippen LogP contribution in [0.5, 0.6) is 5.75 Å². The van der Waals surface area contributed by atoms with Crippen molar-refractivity contribution in [2.24, 2.45) is 0 Å². The molecule has 0 atom stereocenters. The molecular formula is C26H33N5O2S. The third-order valence-corrected chi connectivity index (χ3v) is 7.42. The van der Waals surface area contributed by atoms with Crippen molar-refractivity contribution in [1.29, 1.82) is 0 Å². The lowest BCUT2D eigenvalue weighted by atomic mass is 9.64. The summed E-state index contributed by atoms with van der Waals surface area (Å²) in [4.78, 5) is 12.5. The SMILES string of the molecule is CC(C)(C)c1ccc(OCc2nnc(SCC(=O)NCC3(c4ccccc4)CCC3)n2N)cc1. The molecule has 1 fully saturated rings. The molecule has 0 spiro atoms. The Balaban J connectivity index is 1.26. The van der Waals surface area contributed by atoms with Gasteiger partial charge in [-0.3, -0.25) is 4.79 Å². The van der Waals surface area contributed by atoms with Crippen molar-refractivity contribution in [3.05, 3.63) is 71.5 Å². The van der Waals surface area contributed by atoms with E-state index in [0.717, 1.165) is 18.6 Å². The van der Waals surface area contributed by atoms with Gasteiger partial charge in [0.1, 0.15) is 12.4 Å². The Hall–Kier alpha value is -3.00. The fraction of sp³-hybridized carbons (Fsp3) is 0.423. The van der Waals surface area contributed by atoms with E-state index >= 15 is 0 Å². The summed E-state index contributed by atoms with van der Waals surface area (Å²) in [7, 11) is 0. The van der Waals surface area contributed by atoms with Crippen LogP contribution < -0.4 is 15.9 Å². The third kappa shape index (κ3) is 5.55. The summed E-state index contributed by atoms with van der Waals surface area (Å²) in [6.45, 7) is 7.37. The van der Waals surface area contributed by atoms with E-state index in [2.05, 4.69) is 72.7 Å². The molecule has 1 heterocycles. The molecule has 8 heteroatoms. The van der Waals surface area contributed by atoms with Gasteiger partial charge in [-0.05, 0) is 41.5 Å². The number of hydrogen-bond donors (Lipinski definition) is 2. The van der Waals surface area contributed by atoms with Gasteiger partial charge in [0.2, 0.25) is 11.1 Å². The van der Waals surface area contributed by atoms with E-state index in [1.807, 2.05) is 18.2 Å². The van der Waals surface area contributed by atoms with Gasteiger partial charge in [-0.25, -0.2) is 4.68 Å². The molecule has 4 rings (SSSR count). The number of thioether (sulfide) groups is 1. The van der Waals surface area contributed by atoms with Crippen molar-refractivity contribution >= 4 is 17.7 Å². The molecule has 34 heavy (non-hydrogen) atoms. The zero-order valence-electron chi connectivity index (χ0n) is 20.1. The van der Waals surface area contributed by atoms with Gasteiger partial charge in [0.25, 0.3) is 0 Å². The van der Waals surface area contributed by atoms with Crippen LogP contribution in [-0.2, 0) is 22.2 Å². The van der Waals surface area contributed by atoms with E-state index in [0.29, 0.717) is 17.5 Å². The van der Waals surface area contributed by atoms with Crippen LogP contribution in [0.15, 0.2) is 59.8 Å². The second-order valence-electron chi connectivity index (χ2n) is 9.90. The molecule has 3 N–H and O–H groups in total. The zero-order valence-corrected chi connectivity index (χ0v) is 20.9. The van der Waals surface area contributed by atoms with E-state index in [1.165, 1.54) is 34.0 Å². The molecule has 3 aromatic rings. The molecule has 0 aliphatic heterocycles. The van der Waals surface area contributed by atoms with E-state index in [4.69, 9.17) is 10.6 Å². The van der Waals surface area contributed by atoms with E-state index in [-0.39, 0.29) is 29.1 Å². The Morgan fingerprint density at radius 3 is 2.44 bits per heavy atom. The minimum atomic E-state index is -0.0352. The summed E-state index contributed by atoms with van der Waals surface area (Å²) in [5.74, 6) is 7.58. The molecule has 0 bridgehead atoms. The Morgan fingerprint density at radius 1 is 1.12 bits per heavy atom. The Bertz CT molecular complexity index is 1100. The molecule has 1 saturated carbocycles. The van der Waals surface area contributed by atoms with Crippen LogP contribution >= 0.6 is 11.8 Å². The first-order valence-corrected chi connectivity index (χ1v) is 12.6. The Kier molecular flexibility index (Phi) is 7.16. The van der Waals surface area contributed by atoms with Gasteiger partial charge in [0, 0.05) is 12.0 Å². The number of carbonyl (C=O) groups is 1. The number of nitrogens with one attached hydrogen (secondary N) is 1. The zero-order chi connectivity index (χ0) is 24.2. The minimum Gasteiger partial charge on any atom is -0.486 e. The highest BCUT2D eigenvalue weighted by Gasteiger charge is 2.38. The van der Waals surface area contributed by atoms with Crippen LogP contribution in [0, 0.1) is 0 Å². The number of ether oxygens (including phenoxy) is 1. The van der Waals surface area contributed by atoms with E-state index in [1.54, 1.807) is 0 Å².